The van der Waals surface area contributed by atoms with Crippen LogP contribution in [0.2, 0.25) is 0 Å². The number of anilines is 1. The van der Waals surface area contributed by atoms with Crippen molar-refractivity contribution in [3.8, 4) is 0 Å². The second-order valence-electron chi connectivity index (χ2n) is 5.34. The molecule has 1 saturated carbocycles. The number of pyridine rings is 1. The lowest BCUT2D eigenvalue weighted by molar-refractivity contribution is -0.147. The van der Waals surface area contributed by atoms with Gasteiger partial charge in [0.05, 0.1) is 23.6 Å². The monoisotopic (exact) mass is 313 g/mol. The van der Waals surface area contributed by atoms with E-state index in [1.807, 2.05) is 0 Å². The third-order valence-electron chi connectivity index (χ3n) is 3.53. The van der Waals surface area contributed by atoms with E-state index in [9.17, 15) is 18.0 Å². The predicted octanol–water partition coefficient (Wildman–Crippen LogP) is 1.73. The van der Waals surface area contributed by atoms with E-state index < -0.39 is 23.7 Å². The molecule has 3 rings (SSSR count). The number of aryl methyl sites for hydroxylation is 1. The molecular weight excluding hydrogens is 299 g/mol. The lowest BCUT2D eigenvalue weighted by Crippen LogP contribution is -2.26. The highest BCUT2D eigenvalue weighted by atomic mass is 19.4. The van der Waals surface area contributed by atoms with Gasteiger partial charge in [0.15, 0.2) is 0 Å². The predicted molar refractivity (Wildman–Crippen MR) is 72.2 cm³/mol. The highest BCUT2D eigenvalue weighted by Crippen LogP contribution is 2.38. The molecule has 0 aliphatic heterocycles. The molecule has 6 nitrogen and oxygen atoms in total. The first-order valence-electron chi connectivity index (χ1n) is 6.76. The molecule has 0 saturated heterocycles. The van der Waals surface area contributed by atoms with Crippen LogP contribution in [0.1, 0.15) is 36.1 Å². The molecule has 0 atom stereocenters. The van der Waals surface area contributed by atoms with Crippen molar-refractivity contribution in [1.29, 1.82) is 0 Å². The van der Waals surface area contributed by atoms with Gasteiger partial charge in [0.1, 0.15) is 0 Å². The molecule has 2 N–H and O–H groups in total. The first-order valence-corrected chi connectivity index (χ1v) is 6.76. The van der Waals surface area contributed by atoms with Gasteiger partial charge < -0.3 is 5.73 Å². The summed E-state index contributed by atoms with van der Waals surface area (Å²) in [5, 5.41) is 3.46. The van der Waals surface area contributed by atoms with Crippen molar-refractivity contribution in [2.45, 2.75) is 38.5 Å². The number of alkyl halides is 3. The molecule has 9 heteroatoms. The van der Waals surface area contributed by atoms with Crippen LogP contribution in [-0.2, 0) is 12.7 Å². The van der Waals surface area contributed by atoms with E-state index in [-0.39, 0.29) is 6.54 Å². The third kappa shape index (κ3) is 2.58. The zero-order chi connectivity index (χ0) is 16.1. The fourth-order valence-electron chi connectivity index (χ4n) is 2.24. The summed E-state index contributed by atoms with van der Waals surface area (Å²) < 4.78 is 40.6. The largest absolute Gasteiger partial charge is 0.451 e. The van der Waals surface area contributed by atoms with Crippen LogP contribution in [0.25, 0.3) is 0 Å². The van der Waals surface area contributed by atoms with E-state index in [0.29, 0.717) is 29.9 Å². The minimum Gasteiger partial charge on any atom is -0.397 e. The van der Waals surface area contributed by atoms with Gasteiger partial charge in [0.2, 0.25) is 5.82 Å². The number of aromatic nitrogens is 4. The van der Waals surface area contributed by atoms with Gasteiger partial charge in [-0.15, -0.1) is 5.10 Å². The van der Waals surface area contributed by atoms with E-state index in [0.717, 1.165) is 9.25 Å². The molecule has 1 fully saturated rings. The minimum absolute atomic E-state index is 0.122. The number of nitrogen functional groups attached to an aromatic ring is 1. The topological polar surface area (TPSA) is 78.7 Å². The molecular formula is C13H14F3N5O. The maximum absolute atomic E-state index is 13.0. The molecule has 118 valence electrons. The maximum atomic E-state index is 13.0. The van der Waals surface area contributed by atoms with Crippen LogP contribution < -0.4 is 11.4 Å². The van der Waals surface area contributed by atoms with Crippen LogP contribution in [0.3, 0.4) is 0 Å². The summed E-state index contributed by atoms with van der Waals surface area (Å²) >= 11 is 0. The molecule has 1 aliphatic rings. The SMILES string of the molecule is Cc1nc(Cn2nc(C(F)(F)F)n(C3CC3)c2=O)ccc1N. The molecule has 0 amide bonds. The van der Waals surface area contributed by atoms with Crippen LogP contribution in [0.5, 0.6) is 0 Å². The second kappa shape index (κ2) is 4.85. The average molecular weight is 313 g/mol. The molecule has 2 aromatic heterocycles. The standard InChI is InChI=1S/C13H14F3N5O/c1-7-10(17)5-2-8(18-7)6-20-12(22)21(9-3-4-9)11(19-20)13(14,15)16/h2,5,9H,3-4,6,17H2,1H3. The number of rotatable bonds is 3. The van der Waals surface area contributed by atoms with Crippen LogP contribution >= 0.6 is 0 Å². The van der Waals surface area contributed by atoms with Gasteiger partial charge in [-0.2, -0.15) is 13.2 Å². The fraction of sp³-hybridized carbons (Fsp3) is 0.462. The Morgan fingerprint density at radius 1 is 1.36 bits per heavy atom. The van der Waals surface area contributed by atoms with Gasteiger partial charge in [0, 0.05) is 6.04 Å². The summed E-state index contributed by atoms with van der Waals surface area (Å²) in [7, 11) is 0. The molecule has 1 aliphatic carbocycles. The lowest BCUT2D eigenvalue weighted by atomic mass is 10.3. The lowest BCUT2D eigenvalue weighted by Gasteiger charge is -2.05. The molecule has 0 unspecified atom stereocenters. The molecule has 0 bridgehead atoms. The molecule has 0 radical (unpaired) electrons. The zero-order valence-corrected chi connectivity index (χ0v) is 11.8. The highest BCUT2D eigenvalue weighted by Gasteiger charge is 2.43. The minimum atomic E-state index is -4.66. The molecule has 0 spiro atoms. The summed E-state index contributed by atoms with van der Waals surface area (Å²) in [6.07, 6.45) is -3.53. The molecule has 2 heterocycles. The maximum Gasteiger partial charge on any atom is 0.451 e. The third-order valence-corrected chi connectivity index (χ3v) is 3.53. The molecule has 22 heavy (non-hydrogen) atoms. The van der Waals surface area contributed by atoms with Crippen molar-refractivity contribution in [1.82, 2.24) is 19.3 Å². The van der Waals surface area contributed by atoms with Crippen molar-refractivity contribution in [2.75, 3.05) is 5.73 Å². The Kier molecular flexibility index (Phi) is 3.22. The summed E-state index contributed by atoms with van der Waals surface area (Å²) in [6, 6.07) is 2.77. The quantitative estimate of drug-likeness (QED) is 0.936. The van der Waals surface area contributed by atoms with Crippen molar-refractivity contribution in [2.24, 2.45) is 0 Å². The van der Waals surface area contributed by atoms with Crippen molar-refractivity contribution < 1.29 is 13.2 Å². The zero-order valence-electron chi connectivity index (χ0n) is 11.8. The van der Waals surface area contributed by atoms with Crippen molar-refractivity contribution >= 4 is 5.69 Å². The Labute approximate surface area is 123 Å². The Balaban J connectivity index is 2.01. The van der Waals surface area contributed by atoms with Crippen LogP contribution in [0.4, 0.5) is 18.9 Å². The van der Waals surface area contributed by atoms with E-state index in [2.05, 4.69) is 10.1 Å². The Morgan fingerprint density at radius 3 is 2.59 bits per heavy atom. The summed E-state index contributed by atoms with van der Waals surface area (Å²) in [5.74, 6) is -1.15. The van der Waals surface area contributed by atoms with Gasteiger partial charge in [-0.05, 0) is 31.9 Å². The van der Waals surface area contributed by atoms with E-state index in [4.69, 9.17) is 5.73 Å². The normalized spacial score (nSPS) is 15.3. The number of nitrogens with zero attached hydrogens (tertiary/aromatic N) is 4. The Bertz CT molecular complexity index is 773. The smallest absolute Gasteiger partial charge is 0.397 e. The first-order chi connectivity index (χ1) is 10.3. The van der Waals surface area contributed by atoms with Gasteiger partial charge in [0.25, 0.3) is 0 Å². The van der Waals surface area contributed by atoms with Crippen molar-refractivity contribution in [3.05, 3.63) is 39.8 Å². The fourth-order valence-corrected chi connectivity index (χ4v) is 2.24. The first kappa shape index (κ1) is 14.6. The summed E-state index contributed by atoms with van der Waals surface area (Å²) in [5.41, 5.74) is 6.36. The van der Waals surface area contributed by atoms with E-state index in [1.165, 1.54) is 0 Å². The average Bonchev–Trinajstić information content (AvgIpc) is 3.19. The number of hydrogen-bond acceptors (Lipinski definition) is 4. The van der Waals surface area contributed by atoms with Crippen molar-refractivity contribution in [3.63, 3.8) is 0 Å². The number of nitrogens with two attached hydrogens (primary N) is 1. The van der Waals surface area contributed by atoms with Gasteiger partial charge in [-0.3, -0.25) is 9.55 Å². The number of halogens is 3. The molecule has 0 aromatic carbocycles. The van der Waals surface area contributed by atoms with E-state index >= 15 is 0 Å². The Hall–Kier alpha value is -2.32. The van der Waals surface area contributed by atoms with E-state index in [1.54, 1.807) is 19.1 Å². The number of hydrogen-bond donors (Lipinski definition) is 1. The van der Waals surface area contributed by atoms with Crippen LogP contribution in [0.15, 0.2) is 16.9 Å². The highest BCUT2D eigenvalue weighted by molar-refractivity contribution is 5.42. The van der Waals surface area contributed by atoms with Crippen LogP contribution in [0, 0.1) is 6.92 Å². The van der Waals surface area contributed by atoms with Gasteiger partial charge in [-0.25, -0.2) is 9.48 Å². The summed E-state index contributed by atoms with van der Waals surface area (Å²) in [4.78, 5) is 16.3. The Morgan fingerprint density at radius 2 is 2.05 bits per heavy atom. The van der Waals surface area contributed by atoms with Gasteiger partial charge >= 0.3 is 11.9 Å². The summed E-state index contributed by atoms with van der Waals surface area (Å²) in [6.45, 7) is 1.56. The second-order valence-corrected chi connectivity index (χ2v) is 5.34. The molecule has 2 aromatic rings. The van der Waals surface area contributed by atoms with Crippen LogP contribution in [-0.4, -0.2) is 19.3 Å². The van der Waals surface area contributed by atoms with Gasteiger partial charge in [-0.1, -0.05) is 0 Å².